The van der Waals surface area contributed by atoms with Crippen molar-refractivity contribution in [2.75, 3.05) is 18.0 Å². The van der Waals surface area contributed by atoms with Gasteiger partial charge < -0.3 is 10.2 Å². The van der Waals surface area contributed by atoms with Crippen molar-refractivity contribution in [1.82, 2.24) is 25.1 Å². The molecule has 3 heterocycles. The lowest BCUT2D eigenvalue weighted by Crippen LogP contribution is -2.60. The smallest absolute Gasteiger partial charge is 0.269 e. The van der Waals surface area contributed by atoms with E-state index < -0.39 is 0 Å². The number of aromatic nitrogens is 4. The van der Waals surface area contributed by atoms with Crippen LogP contribution in [-0.4, -0.2) is 44.8 Å². The Labute approximate surface area is 145 Å². The van der Waals surface area contributed by atoms with E-state index in [1.807, 2.05) is 38.1 Å². The first-order chi connectivity index (χ1) is 12.0. The quantitative estimate of drug-likeness (QED) is 0.786. The molecule has 0 spiro atoms. The fourth-order valence-electron chi connectivity index (χ4n) is 3.20. The van der Waals surface area contributed by atoms with Gasteiger partial charge in [0.25, 0.3) is 5.91 Å². The van der Waals surface area contributed by atoms with E-state index in [1.165, 1.54) is 0 Å². The van der Waals surface area contributed by atoms with E-state index in [0.717, 1.165) is 41.3 Å². The average molecular weight is 336 g/mol. The molecule has 0 saturated carbocycles. The zero-order chi connectivity index (χ0) is 17.6. The number of amides is 1. The van der Waals surface area contributed by atoms with Gasteiger partial charge in [-0.2, -0.15) is 5.10 Å². The SMILES string of the molecule is Cc1cc(C(=O)NC2CN(c3nc4ccccc4nc3C)C2)n(C)n1. The summed E-state index contributed by atoms with van der Waals surface area (Å²) in [6, 6.07) is 9.76. The van der Waals surface area contributed by atoms with Crippen molar-refractivity contribution < 1.29 is 4.79 Å². The van der Waals surface area contributed by atoms with Crippen LogP contribution in [0.1, 0.15) is 21.9 Å². The monoisotopic (exact) mass is 336 g/mol. The van der Waals surface area contributed by atoms with Gasteiger partial charge in [-0.3, -0.25) is 9.48 Å². The van der Waals surface area contributed by atoms with Crippen molar-refractivity contribution in [3.8, 4) is 0 Å². The van der Waals surface area contributed by atoms with Gasteiger partial charge in [0.05, 0.1) is 28.5 Å². The van der Waals surface area contributed by atoms with Crippen LogP contribution in [0.15, 0.2) is 30.3 Å². The largest absolute Gasteiger partial charge is 0.351 e. The lowest BCUT2D eigenvalue weighted by Gasteiger charge is -2.40. The minimum Gasteiger partial charge on any atom is -0.351 e. The second-order valence-electron chi connectivity index (χ2n) is 6.49. The van der Waals surface area contributed by atoms with Gasteiger partial charge >= 0.3 is 0 Å². The first-order valence-corrected chi connectivity index (χ1v) is 8.31. The van der Waals surface area contributed by atoms with Crippen LogP contribution in [-0.2, 0) is 7.05 Å². The molecule has 1 saturated heterocycles. The highest BCUT2D eigenvalue weighted by Crippen LogP contribution is 2.24. The molecule has 0 aliphatic carbocycles. The molecule has 4 rings (SSSR count). The molecule has 0 bridgehead atoms. The van der Waals surface area contributed by atoms with Crippen LogP contribution in [0.5, 0.6) is 0 Å². The zero-order valence-corrected chi connectivity index (χ0v) is 14.5. The summed E-state index contributed by atoms with van der Waals surface area (Å²) in [5.41, 5.74) is 4.12. The number of carbonyl (C=O) groups is 1. The Morgan fingerprint density at radius 1 is 1.16 bits per heavy atom. The fourth-order valence-corrected chi connectivity index (χ4v) is 3.20. The summed E-state index contributed by atoms with van der Waals surface area (Å²) >= 11 is 0. The average Bonchev–Trinajstić information content (AvgIpc) is 2.88. The lowest BCUT2D eigenvalue weighted by molar-refractivity contribution is 0.0920. The van der Waals surface area contributed by atoms with Gasteiger partial charge in [-0.1, -0.05) is 12.1 Å². The number of carbonyl (C=O) groups excluding carboxylic acids is 1. The van der Waals surface area contributed by atoms with Crippen molar-refractivity contribution in [1.29, 1.82) is 0 Å². The maximum atomic E-state index is 12.3. The maximum absolute atomic E-state index is 12.3. The number of aryl methyl sites for hydroxylation is 3. The first-order valence-electron chi connectivity index (χ1n) is 8.31. The van der Waals surface area contributed by atoms with Gasteiger partial charge in [0.1, 0.15) is 5.69 Å². The Kier molecular flexibility index (Phi) is 3.63. The number of rotatable bonds is 3. The normalized spacial score (nSPS) is 14.6. The topological polar surface area (TPSA) is 75.9 Å². The van der Waals surface area contributed by atoms with Crippen LogP contribution in [0.25, 0.3) is 11.0 Å². The molecule has 0 unspecified atom stereocenters. The molecule has 1 fully saturated rings. The number of hydrogen-bond acceptors (Lipinski definition) is 5. The molecular formula is C18H20N6O. The van der Waals surface area contributed by atoms with E-state index >= 15 is 0 Å². The molecule has 1 aromatic carbocycles. The van der Waals surface area contributed by atoms with Crippen LogP contribution in [0, 0.1) is 13.8 Å². The fraction of sp³-hybridized carbons (Fsp3) is 0.333. The highest BCUT2D eigenvalue weighted by molar-refractivity contribution is 5.93. The molecule has 3 aromatic rings. The predicted octanol–water partition coefficient (Wildman–Crippen LogP) is 1.60. The summed E-state index contributed by atoms with van der Waals surface area (Å²) in [7, 11) is 1.78. The number of benzene rings is 1. The summed E-state index contributed by atoms with van der Waals surface area (Å²) in [5.74, 6) is 0.801. The highest BCUT2D eigenvalue weighted by Gasteiger charge is 2.31. The summed E-state index contributed by atoms with van der Waals surface area (Å²) < 4.78 is 1.61. The summed E-state index contributed by atoms with van der Waals surface area (Å²) in [6.45, 7) is 5.31. The Hall–Kier alpha value is -2.96. The van der Waals surface area contributed by atoms with E-state index in [2.05, 4.69) is 20.3 Å². The standard InChI is InChI=1S/C18H20N6O/c1-11-8-16(23(3)22-11)18(25)20-13-9-24(10-13)17-12(2)19-14-6-4-5-7-15(14)21-17/h4-8,13H,9-10H2,1-3H3,(H,20,25). The Morgan fingerprint density at radius 2 is 1.84 bits per heavy atom. The second kappa shape index (κ2) is 5.84. The van der Waals surface area contributed by atoms with Crippen LogP contribution in [0.4, 0.5) is 5.82 Å². The van der Waals surface area contributed by atoms with Gasteiger partial charge in [0.15, 0.2) is 5.82 Å². The second-order valence-corrected chi connectivity index (χ2v) is 6.49. The lowest BCUT2D eigenvalue weighted by atomic mass is 10.1. The van der Waals surface area contributed by atoms with Gasteiger partial charge in [-0.25, -0.2) is 9.97 Å². The third-order valence-electron chi connectivity index (χ3n) is 4.47. The number of anilines is 1. The molecule has 0 atom stereocenters. The van der Waals surface area contributed by atoms with Crippen LogP contribution in [0.3, 0.4) is 0 Å². The molecule has 7 heteroatoms. The van der Waals surface area contributed by atoms with Gasteiger partial charge in [-0.05, 0) is 32.0 Å². The molecule has 7 nitrogen and oxygen atoms in total. The zero-order valence-electron chi connectivity index (χ0n) is 14.5. The van der Waals surface area contributed by atoms with Crippen molar-refractivity contribution in [3.05, 3.63) is 47.4 Å². The highest BCUT2D eigenvalue weighted by atomic mass is 16.2. The molecule has 1 N–H and O–H groups in total. The molecule has 25 heavy (non-hydrogen) atoms. The van der Waals surface area contributed by atoms with Crippen LogP contribution < -0.4 is 10.2 Å². The van der Waals surface area contributed by atoms with Crippen molar-refractivity contribution in [3.63, 3.8) is 0 Å². The van der Waals surface area contributed by atoms with Gasteiger partial charge in [0.2, 0.25) is 0 Å². The third kappa shape index (κ3) is 2.82. The first kappa shape index (κ1) is 15.6. The Morgan fingerprint density at radius 3 is 2.48 bits per heavy atom. The van der Waals surface area contributed by atoms with Crippen molar-refractivity contribution in [2.24, 2.45) is 7.05 Å². The van der Waals surface area contributed by atoms with E-state index in [0.29, 0.717) is 5.69 Å². The number of fused-ring (bicyclic) bond motifs is 1. The van der Waals surface area contributed by atoms with E-state index in [4.69, 9.17) is 4.98 Å². The molecular weight excluding hydrogens is 316 g/mol. The molecule has 1 aliphatic rings. The summed E-state index contributed by atoms with van der Waals surface area (Å²) in [5, 5.41) is 7.27. The van der Waals surface area contributed by atoms with E-state index in [-0.39, 0.29) is 11.9 Å². The van der Waals surface area contributed by atoms with Crippen LogP contribution in [0.2, 0.25) is 0 Å². The molecule has 0 radical (unpaired) electrons. The molecule has 2 aromatic heterocycles. The van der Waals surface area contributed by atoms with Crippen molar-refractivity contribution in [2.45, 2.75) is 19.9 Å². The van der Waals surface area contributed by atoms with E-state index in [1.54, 1.807) is 17.8 Å². The minimum atomic E-state index is -0.0888. The molecule has 1 amide bonds. The third-order valence-corrected chi connectivity index (χ3v) is 4.47. The number of para-hydroxylation sites is 2. The van der Waals surface area contributed by atoms with Crippen molar-refractivity contribution >= 4 is 22.8 Å². The predicted molar refractivity (Wildman–Crippen MR) is 95.7 cm³/mol. The summed E-state index contributed by atoms with van der Waals surface area (Å²) in [4.78, 5) is 23.8. The minimum absolute atomic E-state index is 0.0888. The molecule has 128 valence electrons. The Balaban J connectivity index is 1.44. The number of nitrogens with one attached hydrogen (secondary N) is 1. The van der Waals surface area contributed by atoms with Gasteiger partial charge in [0, 0.05) is 20.1 Å². The number of hydrogen-bond donors (Lipinski definition) is 1. The van der Waals surface area contributed by atoms with Crippen LogP contribution >= 0.6 is 0 Å². The number of nitrogens with zero attached hydrogens (tertiary/aromatic N) is 5. The Bertz CT molecular complexity index is 957. The van der Waals surface area contributed by atoms with E-state index in [9.17, 15) is 4.79 Å². The summed E-state index contributed by atoms with van der Waals surface area (Å²) in [6.07, 6.45) is 0. The molecule has 1 aliphatic heterocycles. The van der Waals surface area contributed by atoms with Gasteiger partial charge in [-0.15, -0.1) is 0 Å². The maximum Gasteiger partial charge on any atom is 0.269 e.